The van der Waals surface area contributed by atoms with E-state index < -0.39 is 5.54 Å². The molecular weight excluding hydrogens is 366 g/mol. The molecule has 5 rings (SSSR count). The normalized spacial score (nSPS) is 31.5. The Kier molecular flexibility index (Phi) is 3.81. The fourth-order valence-corrected chi connectivity index (χ4v) is 4.77. The summed E-state index contributed by atoms with van der Waals surface area (Å²) in [6, 6.07) is 8.21. The predicted octanol–water partition coefficient (Wildman–Crippen LogP) is 3.13. The van der Waals surface area contributed by atoms with Crippen molar-refractivity contribution in [1.82, 2.24) is 4.98 Å². The molecule has 2 N–H and O–H groups in total. The summed E-state index contributed by atoms with van der Waals surface area (Å²) in [4.78, 5) is 8.97. The lowest BCUT2D eigenvalue weighted by Gasteiger charge is -2.48. The van der Waals surface area contributed by atoms with E-state index in [1.165, 1.54) is 0 Å². The van der Waals surface area contributed by atoms with Crippen molar-refractivity contribution in [3.8, 4) is 16.9 Å². The molecule has 1 aromatic heterocycles. The van der Waals surface area contributed by atoms with Crippen molar-refractivity contribution in [2.75, 3.05) is 13.2 Å². The SMILES string of the molecule is C[C@H]1OCCC2Oc3ccc(-c4cncc(Cl)c4)cc3[C@@]3(COC(N)=N3)[C@@H]21. The molecule has 27 heavy (non-hydrogen) atoms. The summed E-state index contributed by atoms with van der Waals surface area (Å²) in [7, 11) is 0. The first-order valence-corrected chi connectivity index (χ1v) is 9.46. The number of pyridine rings is 1. The van der Waals surface area contributed by atoms with Crippen LogP contribution in [0.1, 0.15) is 18.9 Å². The van der Waals surface area contributed by atoms with Crippen LogP contribution in [-0.4, -0.2) is 36.4 Å². The minimum absolute atomic E-state index is 0.00774. The second-order valence-corrected chi connectivity index (χ2v) is 7.75. The van der Waals surface area contributed by atoms with Gasteiger partial charge >= 0.3 is 0 Å². The summed E-state index contributed by atoms with van der Waals surface area (Å²) < 4.78 is 17.9. The Morgan fingerprint density at radius 1 is 1.22 bits per heavy atom. The van der Waals surface area contributed by atoms with Crippen LogP contribution in [0.3, 0.4) is 0 Å². The second kappa shape index (κ2) is 6.11. The van der Waals surface area contributed by atoms with Gasteiger partial charge in [0.2, 0.25) is 0 Å². The maximum atomic E-state index is 6.36. The summed E-state index contributed by atoms with van der Waals surface area (Å²) in [5.74, 6) is 0.860. The molecule has 0 bridgehead atoms. The second-order valence-electron chi connectivity index (χ2n) is 7.31. The van der Waals surface area contributed by atoms with Gasteiger partial charge in [0.25, 0.3) is 6.02 Å². The number of halogens is 1. The van der Waals surface area contributed by atoms with Gasteiger partial charge in [-0.2, -0.15) is 0 Å². The van der Waals surface area contributed by atoms with Gasteiger partial charge in [0, 0.05) is 29.9 Å². The zero-order valence-electron chi connectivity index (χ0n) is 14.9. The van der Waals surface area contributed by atoms with Gasteiger partial charge in [-0.25, -0.2) is 4.99 Å². The van der Waals surface area contributed by atoms with Crippen LogP contribution in [0.15, 0.2) is 41.7 Å². The largest absolute Gasteiger partial charge is 0.489 e. The number of nitrogens with zero attached hydrogens (tertiary/aromatic N) is 2. The van der Waals surface area contributed by atoms with E-state index in [1.54, 1.807) is 12.4 Å². The predicted molar refractivity (Wildman–Crippen MR) is 102 cm³/mol. The summed E-state index contributed by atoms with van der Waals surface area (Å²) in [6.07, 6.45) is 4.26. The van der Waals surface area contributed by atoms with Crippen LogP contribution in [0.4, 0.5) is 0 Å². The molecular formula is C20H20ClN3O3. The van der Waals surface area contributed by atoms with Gasteiger partial charge in [0.1, 0.15) is 24.0 Å². The number of amidine groups is 1. The van der Waals surface area contributed by atoms with Crippen LogP contribution in [0.5, 0.6) is 5.75 Å². The number of rotatable bonds is 1. The van der Waals surface area contributed by atoms with Crippen LogP contribution < -0.4 is 10.5 Å². The van der Waals surface area contributed by atoms with Crippen molar-refractivity contribution >= 4 is 17.6 Å². The molecule has 0 amide bonds. The zero-order valence-corrected chi connectivity index (χ0v) is 15.6. The van der Waals surface area contributed by atoms with Crippen molar-refractivity contribution in [3.63, 3.8) is 0 Å². The van der Waals surface area contributed by atoms with Crippen molar-refractivity contribution in [2.45, 2.75) is 31.1 Å². The third kappa shape index (κ3) is 2.58. The zero-order chi connectivity index (χ0) is 18.6. The smallest absolute Gasteiger partial charge is 0.283 e. The molecule has 0 radical (unpaired) electrons. The minimum Gasteiger partial charge on any atom is -0.489 e. The molecule has 3 aliphatic rings. The molecule has 1 unspecified atom stereocenters. The first-order valence-electron chi connectivity index (χ1n) is 9.09. The fraction of sp³-hybridized carbons (Fsp3) is 0.400. The molecule has 1 spiro atoms. The topological polar surface area (TPSA) is 79.0 Å². The number of benzene rings is 1. The first-order chi connectivity index (χ1) is 13.1. The molecule has 3 aliphatic heterocycles. The van der Waals surface area contributed by atoms with Gasteiger partial charge in [0.15, 0.2) is 0 Å². The van der Waals surface area contributed by atoms with Gasteiger partial charge in [-0.1, -0.05) is 17.7 Å². The lowest BCUT2D eigenvalue weighted by molar-refractivity contribution is -0.116. The number of nitrogens with two attached hydrogens (primary N) is 1. The summed E-state index contributed by atoms with van der Waals surface area (Å²) >= 11 is 6.13. The number of ether oxygens (including phenoxy) is 3. The van der Waals surface area contributed by atoms with E-state index in [-0.39, 0.29) is 24.1 Å². The highest BCUT2D eigenvalue weighted by Crippen LogP contribution is 2.52. The highest BCUT2D eigenvalue weighted by molar-refractivity contribution is 6.30. The maximum Gasteiger partial charge on any atom is 0.283 e. The van der Waals surface area contributed by atoms with E-state index in [0.717, 1.165) is 28.9 Å². The Balaban J connectivity index is 1.69. The average Bonchev–Trinajstić information content (AvgIpc) is 3.04. The standard InChI is InChI=1S/C20H20ClN3O3/c1-11-18-17(4-5-25-11)27-16-3-2-12(13-6-14(21)9-23-8-13)7-15(16)20(18)10-26-19(22)24-20/h2-3,6-9,11,17-18H,4-5,10H2,1H3,(H2,22,24)/t11-,17?,18-,20+/m1/s1. The summed E-state index contributed by atoms with van der Waals surface area (Å²) in [5.41, 5.74) is 8.25. The number of aromatic nitrogens is 1. The third-order valence-electron chi connectivity index (χ3n) is 5.75. The van der Waals surface area contributed by atoms with Crippen LogP contribution in [0, 0.1) is 5.92 Å². The Labute approximate surface area is 162 Å². The molecule has 1 fully saturated rings. The van der Waals surface area contributed by atoms with Gasteiger partial charge in [0.05, 0.1) is 23.7 Å². The Morgan fingerprint density at radius 3 is 2.89 bits per heavy atom. The van der Waals surface area contributed by atoms with Crippen molar-refractivity contribution < 1.29 is 14.2 Å². The molecule has 2 aromatic rings. The van der Waals surface area contributed by atoms with Gasteiger partial charge in [-0.3, -0.25) is 4.98 Å². The first kappa shape index (κ1) is 16.8. The van der Waals surface area contributed by atoms with Crippen molar-refractivity contribution in [1.29, 1.82) is 0 Å². The van der Waals surface area contributed by atoms with Gasteiger partial charge < -0.3 is 19.9 Å². The molecule has 0 saturated carbocycles. The lowest BCUT2D eigenvalue weighted by Crippen LogP contribution is -2.56. The van der Waals surface area contributed by atoms with E-state index in [1.807, 2.05) is 18.2 Å². The number of hydrogen-bond acceptors (Lipinski definition) is 6. The molecule has 140 valence electrons. The average molecular weight is 386 g/mol. The van der Waals surface area contributed by atoms with Gasteiger partial charge in [-0.15, -0.1) is 0 Å². The number of fused-ring (bicyclic) bond motifs is 4. The molecule has 4 heterocycles. The van der Waals surface area contributed by atoms with Crippen molar-refractivity contribution in [2.24, 2.45) is 16.6 Å². The van der Waals surface area contributed by atoms with E-state index in [4.69, 9.17) is 36.5 Å². The van der Waals surface area contributed by atoms with E-state index >= 15 is 0 Å². The molecule has 1 saturated heterocycles. The highest BCUT2D eigenvalue weighted by Gasteiger charge is 2.57. The highest BCUT2D eigenvalue weighted by atomic mass is 35.5. The summed E-state index contributed by atoms with van der Waals surface area (Å²) in [5, 5.41) is 0.594. The van der Waals surface area contributed by atoms with E-state index in [0.29, 0.717) is 18.2 Å². The van der Waals surface area contributed by atoms with Crippen LogP contribution >= 0.6 is 11.6 Å². The van der Waals surface area contributed by atoms with Crippen LogP contribution in [0.2, 0.25) is 5.02 Å². The molecule has 4 atom stereocenters. The lowest BCUT2D eigenvalue weighted by atomic mass is 9.69. The third-order valence-corrected chi connectivity index (χ3v) is 5.96. The Bertz CT molecular complexity index is 934. The van der Waals surface area contributed by atoms with Gasteiger partial charge in [-0.05, 0) is 30.7 Å². The van der Waals surface area contributed by atoms with Crippen molar-refractivity contribution in [3.05, 3.63) is 47.2 Å². The number of aliphatic imine (C=N–C) groups is 1. The monoisotopic (exact) mass is 385 g/mol. The van der Waals surface area contributed by atoms with E-state index in [2.05, 4.69) is 18.0 Å². The molecule has 7 heteroatoms. The Hall–Kier alpha value is -2.31. The van der Waals surface area contributed by atoms with Crippen LogP contribution in [0.25, 0.3) is 11.1 Å². The Morgan fingerprint density at radius 2 is 2.11 bits per heavy atom. The summed E-state index contributed by atoms with van der Waals surface area (Å²) in [6.45, 7) is 3.14. The van der Waals surface area contributed by atoms with E-state index in [9.17, 15) is 0 Å². The van der Waals surface area contributed by atoms with Crippen LogP contribution in [-0.2, 0) is 15.0 Å². The quantitative estimate of drug-likeness (QED) is 0.815. The molecule has 6 nitrogen and oxygen atoms in total. The maximum absolute atomic E-state index is 6.36. The molecule has 1 aromatic carbocycles. The molecule has 0 aliphatic carbocycles. The number of hydrogen-bond donors (Lipinski definition) is 1. The minimum atomic E-state index is -0.607. The fourth-order valence-electron chi connectivity index (χ4n) is 4.60.